The lowest BCUT2D eigenvalue weighted by Gasteiger charge is -2.30. The van der Waals surface area contributed by atoms with Crippen molar-refractivity contribution in [3.63, 3.8) is 0 Å². The van der Waals surface area contributed by atoms with Gasteiger partial charge in [0.05, 0.1) is 18.8 Å². The number of likely N-dealkylation sites (tertiary alicyclic amines) is 2. The number of amides is 1. The van der Waals surface area contributed by atoms with Crippen LogP contribution in [0, 0.1) is 11.3 Å². The van der Waals surface area contributed by atoms with Crippen molar-refractivity contribution < 1.29 is 9.53 Å². The molecule has 0 saturated carbocycles. The molecule has 0 bridgehead atoms. The number of ether oxygens (including phenoxy) is 1. The molecule has 2 atom stereocenters. The Labute approximate surface area is 172 Å². The summed E-state index contributed by atoms with van der Waals surface area (Å²) >= 11 is 0. The van der Waals surface area contributed by atoms with Gasteiger partial charge in [-0.05, 0) is 43.7 Å². The van der Waals surface area contributed by atoms with Gasteiger partial charge in [0.2, 0.25) is 0 Å². The first-order chi connectivity index (χ1) is 14.1. The standard InChI is InChI=1S/C23H30N4O2/c1-3-21-7-6-19(12-25-21)22(28)27-10-8-23(17-27)16-26(2)13-20(23)15-29-14-18-5-4-9-24-11-18/h4-7,9,11-12,20H,3,8,10,13-17H2,1-2H3/t20-,23+/m0/s1. The molecule has 0 aromatic carbocycles. The predicted octanol–water partition coefficient (Wildman–Crippen LogP) is 2.65. The van der Waals surface area contributed by atoms with Crippen molar-refractivity contribution in [1.29, 1.82) is 0 Å². The number of nitrogens with zero attached hydrogens (tertiary/aromatic N) is 4. The molecule has 2 saturated heterocycles. The van der Waals surface area contributed by atoms with Crippen LogP contribution in [0.15, 0.2) is 42.9 Å². The average Bonchev–Trinajstić information content (AvgIpc) is 3.31. The Bertz CT molecular complexity index is 827. The van der Waals surface area contributed by atoms with E-state index in [4.69, 9.17) is 4.74 Å². The van der Waals surface area contributed by atoms with Crippen LogP contribution in [0.2, 0.25) is 0 Å². The molecule has 0 N–H and O–H groups in total. The van der Waals surface area contributed by atoms with Gasteiger partial charge < -0.3 is 14.5 Å². The molecule has 0 aliphatic carbocycles. The first-order valence-electron chi connectivity index (χ1n) is 10.5. The molecule has 6 heteroatoms. The van der Waals surface area contributed by atoms with Gasteiger partial charge in [-0.3, -0.25) is 14.8 Å². The normalized spacial score (nSPS) is 24.5. The van der Waals surface area contributed by atoms with E-state index in [0.29, 0.717) is 24.7 Å². The molecule has 154 valence electrons. The third-order valence-corrected chi connectivity index (χ3v) is 6.40. The second kappa shape index (κ2) is 8.59. The molecule has 6 nitrogen and oxygen atoms in total. The van der Waals surface area contributed by atoms with E-state index in [1.165, 1.54) is 0 Å². The summed E-state index contributed by atoms with van der Waals surface area (Å²) in [6.07, 6.45) is 7.27. The van der Waals surface area contributed by atoms with Gasteiger partial charge in [-0.2, -0.15) is 0 Å². The zero-order valence-corrected chi connectivity index (χ0v) is 17.4. The van der Waals surface area contributed by atoms with E-state index in [2.05, 4.69) is 28.8 Å². The van der Waals surface area contributed by atoms with Crippen LogP contribution in [0.5, 0.6) is 0 Å². The molecular formula is C23H30N4O2. The van der Waals surface area contributed by atoms with E-state index in [0.717, 1.165) is 50.3 Å². The molecule has 2 fully saturated rings. The molecule has 0 radical (unpaired) electrons. The van der Waals surface area contributed by atoms with Gasteiger partial charge >= 0.3 is 0 Å². The summed E-state index contributed by atoms with van der Waals surface area (Å²) in [7, 11) is 2.17. The number of carbonyl (C=O) groups is 1. The van der Waals surface area contributed by atoms with Crippen molar-refractivity contribution in [2.75, 3.05) is 39.8 Å². The summed E-state index contributed by atoms with van der Waals surface area (Å²) in [5.41, 5.74) is 2.92. The summed E-state index contributed by atoms with van der Waals surface area (Å²) < 4.78 is 6.06. The number of aromatic nitrogens is 2. The van der Waals surface area contributed by atoms with Crippen molar-refractivity contribution in [1.82, 2.24) is 19.8 Å². The van der Waals surface area contributed by atoms with Gasteiger partial charge in [0.15, 0.2) is 0 Å². The summed E-state index contributed by atoms with van der Waals surface area (Å²) in [5, 5.41) is 0. The van der Waals surface area contributed by atoms with E-state index in [9.17, 15) is 4.79 Å². The van der Waals surface area contributed by atoms with Crippen LogP contribution in [0.4, 0.5) is 0 Å². The highest BCUT2D eigenvalue weighted by Crippen LogP contribution is 2.44. The minimum absolute atomic E-state index is 0.0987. The van der Waals surface area contributed by atoms with Crippen LogP contribution in [0.25, 0.3) is 0 Å². The van der Waals surface area contributed by atoms with Gasteiger partial charge in [0, 0.05) is 61.8 Å². The maximum Gasteiger partial charge on any atom is 0.255 e. The Morgan fingerprint density at radius 2 is 2.17 bits per heavy atom. The summed E-state index contributed by atoms with van der Waals surface area (Å²) in [4.78, 5) is 25.9. The van der Waals surface area contributed by atoms with E-state index in [-0.39, 0.29) is 11.3 Å². The minimum Gasteiger partial charge on any atom is -0.376 e. The molecule has 0 unspecified atom stereocenters. The van der Waals surface area contributed by atoms with Crippen LogP contribution >= 0.6 is 0 Å². The number of rotatable bonds is 6. The van der Waals surface area contributed by atoms with Crippen LogP contribution in [-0.4, -0.2) is 65.5 Å². The van der Waals surface area contributed by atoms with Crippen LogP contribution < -0.4 is 0 Å². The first kappa shape index (κ1) is 20.0. The van der Waals surface area contributed by atoms with Gasteiger partial charge in [-0.25, -0.2) is 0 Å². The second-order valence-corrected chi connectivity index (χ2v) is 8.50. The smallest absolute Gasteiger partial charge is 0.255 e. The third kappa shape index (κ3) is 4.33. The van der Waals surface area contributed by atoms with Gasteiger partial charge in [0.25, 0.3) is 5.91 Å². The Hall–Kier alpha value is -2.31. The Balaban J connectivity index is 1.39. The Kier molecular flexibility index (Phi) is 5.92. The van der Waals surface area contributed by atoms with Crippen LogP contribution in [0.3, 0.4) is 0 Å². The highest BCUT2D eigenvalue weighted by molar-refractivity contribution is 5.94. The third-order valence-electron chi connectivity index (χ3n) is 6.40. The molecule has 2 aliphatic heterocycles. The highest BCUT2D eigenvalue weighted by Gasteiger charge is 2.50. The van der Waals surface area contributed by atoms with Crippen LogP contribution in [-0.2, 0) is 17.8 Å². The largest absolute Gasteiger partial charge is 0.376 e. The zero-order valence-electron chi connectivity index (χ0n) is 17.4. The molecule has 2 aromatic rings. The van der Waals surface area contributed by atoms with Crippen LogP contribution in [0.1, 0.15) is 35.0 Å². The molecule has 2 aliphatic rings. The van der Waals surface area contributed by atoms with Gasteiger partial charge in [-0.15, -0.1) is 0 Å². The fourth-order valence-corrected chi connectivity index (χ4v) is 4.81. The summed E-state index contributed by atoms with van der Waals surface area (Å²) in [6, 6.07) is 7.84. The van der Waals surface area contributed by atoms with Crippen molar-refractivity contribution in [3.8, 4) is 0 Å². The van der Waals surface area contributed by atoms with Crippen molar-refractivity contribution >= 4 is 5.91 Å². The van der Waals surface area contributed by atoms with E-state index >= 15 is 0 Å². The number of pyridine rings is 2. The van der Waals surface area contributed by atoms with Crippen molar-refractivity contribution in [2.45, 2.75) is 26.4 Å². The lowest BCUT2D eigenvalue weighted by Crippen LogP contribution is -2.38. The summed E-state index contributed by atoms with van der Waals surface area (Å²) in [6.45, 7) is 7.01. The van der Waals surface area contributed by atoms with Gasteiger partial charge in [-0.1, -0.05) is 13.0 Å². The lowest BCUT2D eigenvalue weighted by atomic mass is 9.77. The Morgan fingerprint density at radius 1 is 1.28 bits per heavy atom. The quantitative estimate of drug-likeness (QED) is 0.754. The highest BCUT2D eigenvalue weighted by atomic mass is 16.5. The number of hydrogen-bond donors (Lipinski definition) is 0. The van der Waals surface area contributed by atoms with Crippen molar-refractivity contribution in [2.24, 2.45) is 11.3 Å². The topological polar surface area (TPSA) is 58.6 Å². The fraction of sp³-hybridized carbons (Fsp3) is 0.522. The molecule has 1 amide bonds. The van der Waals surface area contributed by atoms with Gasteiger partial charge in [0.1, 0.15) is 0 Å². The lowest BCUT2D eigenvalue weighted by molar-refractivity contribution is 0.0495. The van der Waals surface area contributed by atoms with E-state index in [1.807, 2.05) is 35.4 Å². The average molecular weight is 395 g/mol. The van der Waals surface area contributed by atoms with Crippen molar-refractivity contribution in [3.05, 3.63) is 59.7 Å². The minimum atomic E-state index is 0.0987. The monoisotopic (exact) mass is 394 g/mol. The first-order valence-corrected chi connectivity index (χ1v) is 10.5. The number of hydrogen-bond acceptors (Lipinski definition) is 5. The zero-order chi connectivity index (χ0) is 20.3. The SMILES string of the molecule is CCc1ccc(C(=O)N2CC[C@@]3(CN(C)C[C@H]3COCc3cccnc3)C2)cn1. The van der Waals surface area contributed by atoms with E-state index in [1.54, 1.807) is 12.4 Å². The molecule has 1 spiro atoms. The molecule has 4 heterocycles. The molecule has 2 aromatic heterocycles. The van der Waals surface area contributed by atoms with E-state index < -0.39 is 0 Å². The molecular weight excluding hydrogens is 364 g/mol. The maximum absolute atomic E-state index is 13.0. The number of aryl methyl sites for hydroxylation is 1. The fourth-order valence-electron chi connectivity index (χ4n) is 4.81. The summed E-state index contributed by atoms with van der Waals surface area (Å²) in [5.74, 6) is 0.532. The predicted molar refractivity (Wildman–Crippen MR) is 111 cm³/mol. The molecule has 4 rings (SSSR count). The Morgan fingerprint density at radius 3 is 2.90 bits per heavy atom. The molecule has 29 heavy (non-hydrogen) atoms. The number of carbonyl (C=O) groups excluding carboxylic acids is 1. The second-order valence-electron chi connectivity index (χ2n) is 8.50. The maximum atomic E-state index is 13.0.